The average Bonchev–Trinajstić information content (AvgIpc) is 2.18. The van der Waals surface area contributed by atoms with Crippen molar-refractivity contribution in [2.75, 3.05) is 5.75 Å². The third kappa shape index (κ3) is 2.37. The van der Waals surface area contributed by atoms with Gasteiger partial charge in [0.1, 0.15) is 5.75 Å². The van der Waals surface area contributed by atoms with E-state index in [1.807, 2.05) is 12.1 Å². The maximum atomic E-state index is 9.33. The summed E-state index contributed by atoms with van der Waals surface area (Å²) in [6, 6.07) is 7.82. The molecule has 0 atom stereocenters. The second-order valence-electron chi connectivity index (χ2n) is 5.04. The highest BCUT2D eigenvalue weighted by molar-refractivity contribution is 7.99. The molecule has 1 N–H and O–H groups in total. The SMILES string of the molecule is CC(C)SCC1(c2ccc(O)cc2)CCC1. The van der Waals surface area contributed by atoms with Gasteiger partial charge in [-0.05, 0) is 35.8 Å². The van der Waals surface area contributed by atoms with Crippen LogP contribution in [0.3, 0.4) is 0 Å². The van der Waals surface area contributed by atoms with Crippen molar-refractivity contribution in [1.82, 2.24) is 0 Å². The van der Waals surface area contributed by atoms with Gasteiger partial charge < -0.3 is 5.11 Å². The largest absolute Gasteiger partial charge is 0.508 e. The molecule has 1 aromatic carbocycles. The van der Waals surface area contributed by atoms with Gasteiger partial charge in [-0.25, -0.2) is 0 Å². The molecule has 1 saturated carbocycles. The fraction of sp³-hybridized carbons (Fsp3) is 0.571. The van der Waals surface area contributed by atoms with Gasteiger partial charge in [0, 0.05) is 11.2 Å². The summed E-state index contributed by atoms with van der Waals surface area (Å²) in [4.78, 5) is 0. The summed E-state index contributed by atoms with van der Waals surface area (Å²) in [7, 11) is 0. The van der Waals surface area contributed by atoms with Crippen molar-refractivity contribution < 1.29 is 5.11 Å². The van der Waals surface area contributed by atoms with Crippen molar-refractivity contribution in [3.8, 4) is 5.75 Å². The Kier molecular flexibility index (Phi) is 3.48. The van der Waals surface area contributed by atoms with Crippen molar-refractivity contribution in [1.29, 1.82) is 0 Å². The Balaban J connectivity index is 2.11. The van der Waals surface area contributed by atoms with Crippen LogP contribution in [-0.4, -0.2) is 16.1 Å². The van der Waals surface area contributed by atoms with Crippen molar-refractivity contribution in [3.05, 3.63) is 29.8 Å². The molecule has 1 nitrogen and oxygen atoms in total. The summed E-state index contributed by atoms with van der Waals surface area (Å²) in [6.45, 7) is 4.52. The highest BCUT2D eigenvalue weighted by Crippen LogP contribution is 2.46. The lowest BCUT2D eigenvalue weighted by Crippen LogP contribution is -2.37. The molecule has 0 heterocycles. The predicted octanol–water partition coefficient (Wildman–Crippen LogP) is 3.96. The molecule has 1 aliphatic carbocycles. The molecule has 0 radical (unpaired) electrons. The Hall–Kier alpha value is -0.630. The van der Waals surface area contributed by atoms with E-state index in [0.717, 1.165) is 0 Å². The van der Waals surface area contributed by atoms with Gasteiger partial charge in [-0.1, -0.05) is 32.4 Å². The molecule has 1 fully saturated rings. The van der Waals surface area contributed by atoms with E-state index < -0.39 is 0 Å². The molecule has 1 aromatic rings. The van der Waals surface area contributed by atoms with Gasteiger partial charge in [0.25, 0.3) is 0 Å². The second-order valence-corrected chi connectivity index (χ2v) is 6.61. The topological polar surface area (TPSA) is 20.2 Å². The first-order valence-electron chi connectivity index (χ1n) is 6.03. The summed E-state index contributed by atoms with van der Waals surface area (Å²) < 4.78 is 0. The maximum Gasteiger partial charge on any atom is 0.115 e. The number of benzene rings is 1. The Morgan fingerprint density at radius 3 is 2.31 bits per heavy atom. The van der Waals surface area contributed by atoms with Crippen LogP contribution in [0.2, 0.25) is 0 Å². The molecular weight excluding hydrogens is 216 g/mol. The van der Waals surface area contributed by atoms with Crippen molar-refractivity contribution in [3.63, 3.8) is 0 Å². The first-order valence-corrected chi connectivity index (χ1v) is 7.08. The molecule has 88 valence electrons. The van der Waals surface area contributed by atoms with E-state index in [1.54, 1.807) is 0 Å². The number of hydrogen-bond donors (Lipinski definition) is 1. The van der Waals surface area contributed by atoms with E-state index >= 15 is 0 Å². The Labute approximate surface area is 102 Å². The Morgan fingerprint density at radius 2 is 1.88 bits per heavy atom. The number of rotatable bonds is 4. The molecule has 1 aliphatic rings. The Morgan fingerprint density at radius 1 is 1.25 bits per heavy atom. The van der Waals surface area contributed by atoms with Crippen molar-refractivity contribution in [2.24, 2.45) is 0 Å². The van der Waals surface area contributed by atoms with Crippen molar-refractivity contribution >= 4 is 11.8 Å². The lowest BCUT2D eigenvalue weighted by atomic mass is 9.66. The standard InChI is InChI=1S/C14H20OS/c1-11(2)16-10-14(8-3-9-14)12-4-6-13(15)7-5-12/h4-7,11,15H,3,8-10H2,1-2H3. The van der Waals surface area contributed by atoms with E-state index in [4.69, 9.17) is 0 Å². The van der Waals surface area contributed by atoms with Gasteiger partial charge >= 0.3 is 0 Å². The van der Waals surface area contributed by atoms with Crippen LogP contribution in [-0.2, 0) is 5.41 Å². The average molecular weight is 236 g/mol. The van der Waals surface area contributed by atoms with E-state index in [-0.39, 0.29) is 0 Å². The second kappa shape index (κ2) is 4.70. The molecule has 0 aromatic heterocycles. The number of thioether (sulfide) groups is 1. The Bertz CT molecular complexity index is 338. The van der Waals surface area contributed by atoms with Gasteiger partial charge in [-0.3, -0.25) is 0 Å². The molecule has 0 saturated heterocycles. The summed E-state index contributed by atoms with van der Waals surface area (Å²) >= 11 is 2.05. The highest BCUT2D eigenvalue weighted by Gasteiger charge is 2.38. The minimum Gasteiger partial charge on any atom is -0.508 e. The monoisotopic (exact) mass is 236 g/mol. The van der Waals surface area contributed by atoms with Crippen LogP contribution in [0, 0.1) is 0 Å². The van der Waals surface area contributed by atoms with Gasteiger partial charge in [0.2, 0.25) is 0 Å². The molecule has 0 aliphatic heterocycles. The molecule has 16 heavy (non-hydrogen) atoms. The first kappa shape index (κ1) is 11.8. The summed E-state index contributed by atoms with van der Waals surface area (Å²) in [6.07, 6.45) is 3.95. The predicted molar refractivity (Wildman–Crippen MR) is 71.2 cm³/mol. The number of aromatic hydroxyl groups is 1. The minimum absolute atomic E-state index is 0.370. The number of phenolic OH excluding ortho intramolecular Hbond substituents is 1. The zero-order chi connectivity index (χ0) is 11.6. The first-order chi connectivity index (χ1) is 7.62. The summed E-state index contributed by atoms with van der Waals surface area (Å²) in [5.74, 6) is 1.59. The third-order valence-corrected chi connectivity index (χ3v) is 4.87. The van der Waals surface area contributed by atoms with Gasteiger partial charge in [-0.2, -0.15) is 11.8 Å². The van der Waals surface area contributed by atoms with Crippen LogP contribution in [0.25, 0.3) is 0 Å². The van der Waals surface area contributed by atoms with E-state index in [1.165, 1.54) is 30.6 Å². The molecule has 0 spiro atoms. The summed E-state index contributed by atoms with van der Waals surface area (Å²) in [5.41, 5.74) is 1.80. The van der Waals surface area contributed by atoms with Crippen LogP contribution in [0.5, 0.6) is 5.75 Å². The van der Waals surface area contributed by atoms with Gasteiger partial charge in [-0.15, -0.1) is 0 Å². The smallest absolute Gasteiger partial charge is 0.115 e. The van der Waals surface area contributed by atoms with Gasteiger partial charge in [0.15, 0.2) is 0 Å². The van der Waals surface area contributed by atoms with Crippen LogP contribution in [0.15, 0.2) is 24.3 Å². The zero-order valence-corrected chi connectivity index (χ0v) is 10.9. The number of phenols is 1. The zero-order valence-electron chi connectivity index (χ0n) is 10.1. The summed E-state index contributed by atoms with van der Waals surface area (Å²) in [5, 5.41) is 10.0. The van der Waals surface area contributed by atoms with Crippen LogP contribution >= 0.6 is 11.8 Å². The fourth-order valence-electron chi connectivity index (χ4n) is 2.26. The molecule has 0 unspecified atom stereocenters. The van der Waals surface area contributed by atoms with Crippen LogP contribution < -0.4 is 0 Å². The molecule has 2 rings (SSSR count). The minimum atomic E-state index is 0.370. The third-order valence-electron chi connectivity index (χ3n) is 3.48. The van der Waals surface area contributed by atoms with E-state index in [0.29, 0.717) is 16.4 Å². The molecular formula is C14H20OS. The lowest BCUT2D eigenvalue weighted by molar-refractivity contribution is 0.278. The van der Waals surface area contributed by atoms with E-state index in [2.05, 4.69) is 37.7 Å². The van der Waals surface area contributed by atoms with Gasteiger partial charge in [0.05, 0.1) is 0 Å². The number of hydrogen-bond acceptors (Lipinski definition) is 2. The van der Waals surface area contributed by atoms with Crippen LogP contribution in [0.4, 0.5) is 0 Å². The molecule has 0 amide bonds. The normalized spacial score (nSPS) is 18.4. The van der Waals surface area contributed by atoms with E-state index in [9.17, 15) is 5.11 Å². The molecule has 0 bridgehead atoms. The maximum absolute atomic E-state index is 9.33. The quantitative estimate of drug-likeness (QED) is 0.854. The van der Waals surface area contributed by atoms with Crippen molar-refractivity contribution in [2.45, 2.75) is 43.8 Å². The molecule has 2 heteroatoms. The van der Waals surface area contributed by atoms with Crippen LogP contribution in [0.1, 0.15) is 38.7 Å². The lowest BCUT2D eigenvalue weighted by Gasteiger charge is -2.42. The highest BCUT2D eigenvalue weighted by atomic mass is 32.2. The fourth-order valence-corrected chi connectivity index (χ4v) is 3.37.